The predicted octanol–water partition coefficient (Wildman–Crippen LogP) is 2.91. The van der Waals surface area contributed by atoms with E-state index >= 15 is 0 Å². The first-order chi connectivity index (χ1) is 11.9. The highest BCUT2D eigenvalue weighted by molar-refractivity contribution is 6.01. The molecule has 0 radical (unpaired) electrons. The van der Waals surface area contributed by atoms with Crippen LogP contribution in [0.5, 0.6) is 0 Å². The van der Waals surface area contributed by atoms with E-state index in [1.807, 2.05) is 26.0 Å². The van der Waals surface area contributed by atoms with Crippen molar-refractivity contribution >= 4 is 17.5 Å². The molecular formula is C20H21FN2O2. The van der Waals surface area contributed by atoms with E-state index in [0.717, 1.165) is 16.8 Å². The topological polar surface area (TPSA) is 49.4 Å². The second-order valence-electron chi connectivity index (χ2n) is 6.55. The van der Waals surface area contributed by atoms with Gasteiger partial charge in [-0.3, -0.25) is 9.59 Å². The Labute approximate surface area is 146 Å². The van der Waals surface area contributed by atoms with Crippen molar-refractivity contribution in [2.24, 2.45) is 0 Å². The molecule has 1 heterocycles. The molecule has 2 aromatic carbocycles. The van der Waals surface area contributed by atoms with E-state index in [0.29, 0.717) is 18.5 Å². The molecule has 1 N–H and O–H groups in total. The van der Waals surface area contributed by atoms with Gasteiger partial charge in [-0.05, 0) is 61.2 Å². The number of aryl methyl sites for hydroxylation is 2. The van der Waals surface area contributed by atoms with Crippen LogP contribution in [-0.2, 0) is 16.0 Å². The normalized spacial score (nSPS) is 17.0. The van der Waals surface area contributed by atoms with E-state index in [1.165, 1.54) is 12.1 Å². The zero-order valence-electron chi connectivity index (χ0n) is 14.4. The van der Waals surface area contributed by atoms with Gasteiger partial charge in [0.2, 0.25) is 11.8 Å². The van der Waals surface area contributed by atoms with E-state index in [-0.39, 0.29) is 24.1 Å². The first-order valence-corrected chi connectivity index (χ1v) is 8.36. The van der Waals surface area contributed by atoms with Gasteiger partial charge in [-0.1, -0.05) is 18.2 Å². The van der Waals surface area contributed by atoms with Crippen LogP contribution in [0.1, 0.15) is 23.1 Å². The predicted molar refractivity (Wildman–Crippen MR) is 94.9 cm³/mol. The summed E-state index contributed by atoms with van der Waals surface area (Å²) in [7, 11) is 0. The molecule has 0 aromatic heterocycles. The Morgan fingerprint density at radius 2 is 1.92 bits per heavy atom. The van der Waals surface area contributed by atoms with Gasteiger partial charge in [0, 0.05) is 12.2 Å². The second kappa shape index (κ2) is 7.05. The maximum atomic E-state index is 13.2. The molecule has 0 spiro atoms. The van der Waals surface area contributed by atoms with Gasteiger partial charge in [-0.2, -0.15) is 0 Å². The van der Waals surface area contributed by atoms with Crippen molar-refractivity contribution in [3.05, 3.63) is 65.0 Å². The standard InChI is InChI=1S/C20H21FN2O2/c1-13-8-14(2)10-17(9-13)23-7-6-18(20(23)25)22-19(24)12-15-4-3-5-16(21)11-15/h3-5,8-11,18H,6-7,12H2,1-2H3,(H,22,24). The molecule has 4 nitrogen and oxygen atoms in total. The fourth-order valence-corrected chi connectivity index (χ4v) is 3.25. The number of hydrogen-bond donors (Lipinski definition) is 1. The number of halogens is 1. The lowest BCUT2D eigenvalue weighted by molar-refractivity contribution is -0.126. The van der Waals surface area contributed by atoms with Gasteiger partial charge in [0.1, 0.15) is 11.9 Å². The van der Waals surface area contributed by atoms with Crippen molar-refractivity contribution in [3.63, 3.8) is 0 Å². The molecule has 1 atom stereocenters. The summed E-state index contributed by atoms with van der Waals surface area (Å²) in [5.41, 5.74) is 3.65. The molecule has 0 saturated carbocycles. The number of hydrogen-bond acceptors (Lipinski definition) is 2. The van der Waals surface area contributed by atoms with Crippen LogP contribution in [0.25, 0.3) is 0 Å². The van der Waals surface area contributed by atoms with Gasteiger partial charge < -0.3 is 10.2 Å². The number of benzene rings is 2. The number of nitrogens with zero attached hydrogens (tertiary/aromatic N) is 1. The minimum atomic E-state index is -0.526. The average molecular weight is 340 g/mol. The molecule has 2 amide bonds. The first-order valence-electron chi connectivity index (χ1n) is 8.36. The SMILES string of the molecule is Cc1cc(C)cc(N2CCC(NC(=O)Cc3cccc(F)c3)C2=O)c1. The Morgan fingerprint density at radius 1 is 1.20 bits per heavy atom. The molecule has 25 heavy (non-hydrogen) atoms. The molecule has 1 fully saturated rings. The van der Waals surface area contributed by atoms with Crippen molar-refractivity contribution in [1.29, 1.82) is 0 Å². The third-order valence-electron chi connectivity index (χ3n) is 4.31. The minimum absolute atomic E-state index is 0.0606. The Kier molecular flexibility index (Phi) is 4.83. The molecular weight excluding hydrogens is 319 g/mol. The zero-order valence-corrected chi connectivity index (χ0v) is 14.4. The number of anilines is 1. The summed E-state index contributed by atoms with van der Waals surface area (Å²) in [4.78, 5) is 26.5. The summed E-state index contributed by atoms with van der Waals surface area (Å²) in [5.74, 6) is -0.743. The second-order valence-corrected chi connectivity index (χ2v) is 6.55. The Bertz CT molecular complexity index is 799. The summed E-state index contributed by atoms with van der Waals surface area (Å²) >= 11 is 0. The summed E-state index contributed by atoms with van der Waals surface area (Å²) in [5, 5.41) is 2.77. The number of nitrogens with one attached hydrogen (secondary N) is 1. The highest BCUT2D eigenvalue weighted by Gasteiger charge is 2.33. The molecule has 1 unspecified atom stereocenters. The van der Waals surface area contributed by atoms with Crippen LogP contribution in [-0.4, -0.2) is 24.4 Å². The molecule has 1 aliphatic rings. The minimum Gasteiger partial charge on any atom is -0.344 e. The highest BCUT2D eigenvalue weighted by Crippen LogP contribution is 2.24. The maximum absolute atomic E-state index is 13.2. The van der Waals surface area contributed by atoms with Crippen molar-refractivity contribution < 1.29 is 14.0 Å². The van der Waals surface area contributed by atoms with E-state index < -0.39 is 6.04 Å². The quantitative estimate of drug-likeness (QED) is 0.930. The van der Waals surface area contributed by atoms with Crippen molar-refractivity contribution in [1.82, 2.24) is 5.32 Å². The molecule has 0 aliphatic carbocycles. The van der Waals surface area contributed by atoms with Crippen LogP contribution >= 0.6 is 0 Å². The van der Waals surface area contributed by atoms with Crippen molar-refractivity contribution in [2.45, 2.75) is 32.7 Å². The van der Waals surface area contributed by atoms with Crippen LogP contribution in [0, 0.1) is 19.7 Å². The summed E-state index contributed by atoms with van der Waals surface area (Å²) in [6.45, 7) is 4.57. The third kappa shape index (κ3) is 4.05. The van der Waals surface area contributed by atoms with Crippen LogP contribution in [0.15, 0.2) is 42.5 Å². The monoisotopic (exact) mass is 340 g/mol. The smallest absolute Gasteiger partial charge is 0.249 e. The van der Waals surface area contributed by atoms with Gasteiger partial charge >= 0.3 is 0 Å². The lowest BCUT2D eigenvalue weighted by atomic mass is 10.1. The maximum Gasteiger partial charge on any atom is 0.249 e. The molecule has 1 saturated heterocycles. The van der Waals surface area contributed by atoms with Gasteiger partial charge in [0.25, 0.3) is 0 Å². The number of rotatable bonds is 4. The molecule has 5 heteroatoms. The number of carbonyl (C=O) groups is 2. The van der Waals surface area contributed by atoms with Gasteiger partial charge in [0.15, 0.2) is 0 Å². The van der Waals surface area contributed by atoms with Crippen molar-refractivity contribution in [3.8, 4) is 0 Å². The molecule has 130 valence electrons. The van der Waals surface area contributed by atoms with E-state index in [9.17, 15) is 14.0 Å². The Balaban J connectivity index is 1.64. The third-order valence-corrected chi connectivity index (χ3v) is 4.31. The van der Waals surface area contributed by atoms with E-state index in [2.05, 4.69) is 11.4 Å². The van der Waals surface area contributed by atoms with Crippen LogP contribution in [0.3, 0.4) is 0 Å². The number of carbonyl (C=O) groups excluding carboxylic acids is 2. The van der Waals surface area contributed by atoms with Crippen LogP contribution < -0.4 is 10.2 Å². The number of amides is 2. The lowest BCUT2D eigenvalue weighted by Crippen LogP contribution is -2.42. The summed E-state index contributed by atoms with van der Waals surface area (Å²) < 4.78 is 13.2. The largest absolute Gasteiger partial charge is 0.344 e. The molecule has 1 aliphatic heterocycles. The van der Waals surface area contributed by atoms with Gasteiger partial charge in [-0.25, -0.2) is 4.39 Å². The van der Waals surface area contributed by atoms with Crippen LogP contribution in [0.2, 0.25) is 0 Å². The fraction of sp³-hybridized carbons (Fsp3) is 0.300. The van der Waals surface area contributed by atoms with E-state index in [4.69, 9.17) is 0 Å². The summed E-state index contributed by atoms with van der Waals surface area (Å²) in [6, 6.07) is 11.4. The van der Waals surface area contributed by atoms with Crippen molar-refractivity contribution in [2.75, 3.05) is 11.4 Å². The summed E-state index contributed by atoms with van der Waals surface area (Å²) in [6.07, 6.45) is 0.631. The average Bonchev–Trinajstić information content (AvgIpc) is 2.87. The first kappa shape index (κ1) is 17.1. The Morgan fingerprint density at radius 3 is 2.60 bits per heavy atom. The van der Waals surface area contributed by atoms with Gasteiger partial charge in [0.05, 0.1) is 6.42 Å². The van der Waals surface area contributed by atoms with Gasteiger partial charge in [-0.15, -0.1) is 0 Å². The zero-order chi connectivity index (χ0) is 18.0. The lowest BCUT2D eigenvalue weighted by Gasteiger charge is -2.18. The Hall–Kier alpha value is -2.69. The van der Waals surface area contributed by atoms with E-state index in [1.54, 1.807) is 17.0 Å². The highest BCUT2D eigenvalue weighted by atomic mass is 19.1. The molecule has 0 bridgehead atoms. The fourth-order valence-electron chi connectivity index (χ4n) is 3.25. The molecule has 2 aromatic rings. The van der Waals surface area contributed by atoms with Crippen LogP contribution in [0.4, 0.5) is 10.1 Å². The molecule has 3 rings (SSSR count).